The van der Waals surface area contributed by atoms with E-state index in [2.05, 4.69) is 10.6 Å². The molecule has 2 amide bonds. The zero-order valence-corrected chi connectivity index (χ0v) is 13.8. The zero-order chi connectivity index (χ0) is 17.9. The number of amides is 2. The Morgan fingerprint density at radius 3 is 2.16 bits per heavy atom. The lowest BCUT2D eigenvalue weighted by Crippen LogP contribution is -2.36. The van der Waals surface area contributed by atoms with E-state index in [1.54, 1.807) is 30.3 Å². The molecule has 3 rings (SSSR count). The second-order valence-corrected chi connectivity index (χ2v) is 5.90. The smallest absolute Gasteiger partial charge is 0.240 e. The Bertz CT molecular complexity index is 803. The molecule has 0 radical (unpaired) electrons. The van der Waals surface area contributed by atoms with Gasteiger partial charge >= 0.3 is 0 Å². The van der Waals surface area contributed by atoms with Gasteiger partial charge in [-0.05, 0) is 44.0 Å². The first-order valence-electron chi connectivity index (χ1n) is 8.16. The molecule has 1 fully saturated rings. The van der Waals surface area contributed by atoms with Crippen LogP contribution in [0.2, 0.25) is 0 Å². The minimum absolute atomic E-state index is 0.0706. The van der Waals surface area contributed by atoms with Crippen LogP contribution in [0.3, 0.4) is 0 Å². The molecule has 6 heteroatoms. The molecular weight excluding hydrogens is 323 g/mol. The third-order valence-corrected chi connectivity index (χ3v) is 4.18. The number of carbonyl (C=O) groups is 2. The zero-order valence-electron chi connectivity index (χ0n) is 13.8. The van der Waals surface area contributed by atoms with Crippen LogP contribution in [0.5, 0.6) is 5.75 Å². The molecular formula is C19H19FN2O3. The highest BCUT2D eigenvalue weighted by molar-refractivity contribution is 6.17. The summed E-state index contributed by atoms with van der Waals surface area (Å²) in [5, 5.41) is 5.27. The quantitative estimate of drug-likeness (QED) is 0.789. The molecule has 0 spiro atoms. The Hall–Kier alpha value is -2.89. The second kappa shape index (κ2) is 6.93. The Kier molecular flexibility index (Phi) is 4.70. The van der Waals surface area contributed by atoms with Crippen LogP contribution in [0.4, 0.5) is 15.8 Å². The van der Waals surface area contributed by atoms with Gasteiger partial charge in [-0.2, -0.15) is 0 Å². The Morgan fingerprint density at radius 2 is 1.56 bits per heavy atom. The summed E-state index contributed by atoms with van der Waals surface area (Å²) in [7, 11) is 0. The number of halogens is 1. The van der Waals surface area contributed by atoms with Crippen molar-refractivity contribution in [2.45, 2.75) is 19.8 Å². The van der Waals surface area contributed by atoms with E-state index in [0.29, 0.717) is 30.9 Å². The van der Waals surface area contributed by atoms with Gasteiger partial charge in [0.2, 0.25) is 11.8 Å². The fourth-order valence-electron chi connectivity index (χ4n) is 2.58. The van der Waals surface area contributed by atoms with E-state index in [4.69, 9.17) is 4.74 Å². The lowest BCUT2D eigenvalue weighted by atomic mass is 10.0. The van der Waals surface area contributed by atoms with Crippen LogP contribution >= 0.6 is 0 Å². The standard InChI is InChI=1S/C19H19FN2O3/c1-2-25-16-10-6-5-9-15(16)22-18(24)19(11-12-19)17(23)21-14-8-4-3-7-13(14)20/h3-10H,2,11-12H2,1H3,(H,21,23)(H,22,24). The summed E-state index contributed by atoms with van der Waals surface area (Å²) in [6.45, 7) is 2.31. The summed E-state index contributed by atoms with van der Waals surface area (Å²) in [5.41, 5.74) is -0.581. The molecule has 0 aliphatic heterocycles. The monoisotopic (exact) mass is 342 g/mol. The van der Waals surface area contributed by atoms with Crippen LogP contribution in [0.25, 0.3) is 0 Å². The number of hydrogen-bond acceptors (Lipinski definition) is 3. The van der Waals surface area contributed by atoms with E-state index in [0.717, 1.165) is 0 Å². The maximum absolute atomic E-state index is 13.7. The van der Waals surface area contributed by atoms with Gasteiger partial charge in [0.05, 0.1) is 18.0 Å². The number of hydrogen-bond donors (Lipinski definition) is 2. The third-order valence-electron chi connectivity index (χ3n) is 4.18. The van der Waals surface area contributed by atoms with Gasteiger partial charge in [0, 0.05) is 0 Å². The van der Waals surface area contributed by atoms with E-state index in [-0.39, 0.29) is 5.69 Å². The lowest BCUT2D eigenvalue weighted by molar-refractivity contribution is -0.131. The van der Waals surface area contributed by atoms with Crippen molar-refractivity contribution >= 4 is 23.2 Å². The maximum atomic E-state index is 13.7. The van der Waals surface area contributed by atoms with Gasteiger partial charge < -0.3 is 15.4 Å². The molecule has 0 unspecified atom stereocenters. The average molecular weight is 342 g/mol. The highest BCUT2D eigenvalue weighted by atomic mass is 19.1. The van der Waals surface area contributed by atoms with E-state index in [1.165, 1.54) is 18.2 Å². The number of para-hydroxylation sites is 3. The van der Waals surface area contributed by atoms with Crippen LogP contribution in [0, 0.1) is 11.2 Å². The highest BCUT2D eigenvalue weighted by Gasteiger charge is 2.56. The first-order chi connectivity index (χ1) is 12.1. The summed E-state index contributed by atoms with van der Waals surface area (Å²) in [4.78, 5) is 25.2. The Balaban J connectivity index is 1.73. The molecule has 2 aromatic rings. The van der Waals surface area contributed by atoms with Crippen LogP contribution in [-0.4, -0.2) is 18.4 Å². The molecule has 1 saturated carbocycles. The van der Waals surface area contributed by atoms with Crippen molar-refractivity contribution in [3.8, 4) is 5.75 Å². The number of ether oxygens (including phenoxy) is 1. The number of anilines is 2. The summed E-state index contributed by atoms with van der Waals surface area (Å²) in [6, 6.07) is 12.9. The number of carbonyl (C=O) groups excluding carboxylic acids is 2. The molecule has 0 aromatic heterocycles. The molecule has 0 bridgehead atoms. The van der Waals surface area contributed by atoms with Crippen molar-refractivity contribution < 1.29 is 18.7 Å². The summed E-state index contributed by atoms with van der Waals surface area (Å²) in [6.07, 6.45) is 0.853. The molecule has 5 nitrogen and oxygen atoms in total. The number of rotatable bonds is 6. The molecule has 25 heavy (non-hydrogen) atoms. The normalized spacial score (nSPS) is 14.5. The number of nitrogens with one attached hydrogen (secondary N) is 2. The minimum Gasteiger partial charge on any atom is -0.492 e. The van der Waals surface area contributed by atoms with Crippen LogP contribution in [0.1, 0.15) is 19.8 Å². The van der Waals surface area contributed by atoms with Crippen molar-refractivity contribution in [2.24, 2.45) is 5.41 Å². The maximum Gasteiger partial charge on any atom is 0.240 e. The molecule has 0 atom stereocenters. The van der Waals surface area contributed by atoms with E-state index in [9.17, 15) is 14.0 Å². The van der Waals surface area contributed by atoms with Crippen molar-refractivity contribution in [3.05, 3.63) is 54.3 Å². The fourth-order valence-corrected chi connectivity index (χ4v) is 2.58. The average Bonchev–Trinajstić information content (AvgIpc) is 3.41. The fraction of sp³-hybridized carbons (Fsp3) is 0.263. The topological polar surface area (TPSA) is 67.4 Å². The van der Waals surface area contributed by atoms with Crippen molar-refractivity contribution in [1.29, 1.82) is 0 Å². The lowest BCUT2D eigenvalue weighted by Gasteiger charge is -2.17. The SMILES string of the molecule is CCOc1ccccc1NC(=O)C1(C(=O)Nc2ccccc2F)CC1. The van der Waals surface area contributed by atoms with Gasteiger partial charge in [-0.3, -0.25) is 9.59 Å². The van der Waals surface area contributed by atoms with E-state index < -0.39 is 23.0 Å². The van der Waals surface area contributed by atoms with Gasteiger partial charge in [-0.25, -0.2) is 4.39 Å². The molecule has 2 N–H and O–H groups in total. The Morgan fingerprint density at radius 1 is 1.00 bits per heavy atom. The van der Waals surface area contributed by atoms with Crippen molar-refractivity contribution in [3.63, 3.8) is 0 Å². The van der Waals surface area contributed by atoms with Gasteiger partial charge in [-0.1, -0.05) is 24.3 Å². The molecule has 0 heterocycles. The summed E-state index contributed by atoms with van der Waals surface area (Å²) in [5.74, 6) is -0.894. The van der Waals surface area contributed by atoms with Crippen molar-refractivity contribution in [1.82, 2.24) is 0 Å². The van der Waals surface area contributed by atoms with Crippen LogP contribution in [-0.2, 0) is 9.59 Å². The highest BCUT2D eigenvalue weighted by Crippen LogP contribution is 2.48. The largest absolute Gasteiger partial charge is 0.492 e. The minimum atomic E-state index is -1.17. The van der Waals surface area contributed by atoms with Gasteiger partial charge in [-0.15, -0.1) is 0 Å². The predicted molar refractivity (Wildman–Crippen MR) is 92.9 cm³/mol. The second-order valence-electron chi connectivity index (χ2n) is 5.90. The van der Waals surface area contributed by atoms with Crippen molar-refractivity contribution in [2.75, 3.05) is 17.2 Å². The van der Waals surface area contributed by atoms with Gasteiger partial charge in [0.15, 0.2) is 0 Å². The number of benzene rings is 2. The van der Waals surface area contributed by atoms with Gasteiger partial charge in [0.1, 0.15) is 17.0 Å². The van der Waals surface area contributed by atoms with E-state index >= 15 is 0 Å². The van der Waals surface area contributed by atoms with Crippen LogP contribution in [0.15, 0.2) is 48.5 Å². The summed E-state index contributed by atoms with van der Waals surface area (Å²) >= 11 is 0. The first-order valence-corrected chi connectivity index (χ1v) is 8.16. The molecule has 130 valence electrons. The molecule has 2 aromatic carbocycles. The molecule has 0 saturated heterocycles. The van der Waals surface area contributed by atoms with Crippen LogP contribution < -0.4 is 15.4 Å². The Labute approximate surface area is 145 Å². The molecule has 1 aliphatic rings. The van der Waals surface area contributed by atoms with Gasteiger partial charge in [0.25, 0.3) is 0 Å². The first kappa shape index (κ1) is 17.0. The third kappa shape index (κ3) is 3.47. The molecule has 1 aliphatic carbocycles. The predicted octanol–water partition coefficient (Wildman–Crippen LogP) is 3.58. The van der Waals surface area contributed by atoms with E-state index in [1.807, 2.05) is 6.92 Å². The summed E-state index contributed by atoms with van der Waals surface area (Å²) < 4.78 is 19.2.